The lowest BCUT2D eigenvalue weighted by atomic mass is 10.2. The Morgan fingerprint density at radius 2 is 2.28 bits per heavy atom. The first-order valence-electron chi connectivity index (χ1n) is 5.38. The molecule has 3 nitrogen and oxygen atoms in total. The van der Waals surface area contributed by atoms with Gasteiger partial charge < -0.3 is 5.11 Å². The Morgan fingerprint density at radius 3 is 2.83 bits per heavy atom. The van der Waals surface area contributed by atoms with E-state index in [2.05, 4.69) is 16.5 Å². The first-order valence-corrected chi connectivity index (χ1v) is 6.36. The maximum absolute atomic E-state index is 13.5. The van der Waals surface area contributed by atoms with Crippen LogP contribution in [0.2, 0.25) is 0 Å². The summed E-state index contributed by atoms with van der Waals surface area (Å²) < 4.78 is 13.5. The zero-order valence-corrected chi connectivity index (χ0v) is 11.2. The van der Waals surface area contributed by atoms with Crippen LogP contribution in [0.4, 0.5) is 4.39 Å². The Balaban J connectivity index is 2.82. The van der Waals surface area contributed by atoms with Crippen molar-refractivity contribution < 1.29 is 9.50 Å². The summed E-state index contributed by atoms with van der Waals surface area (Å²) in [6.45, 7) is 6.98. The maximum Gasteiger partial charge on any atom is 0.215 e. The topological polar surface area (TPSA) is 46.0 Å². The van der Waals surface area contributed by atoms with Crippen LogP contribution < -0.4 is 0 Å². The zero-order chi connectivity index (χ0) is 13.5. The third-order valence-corrected chi connectivity index (χ3v) is 2.93. The number of aromatic nitrogens is 2. The van der Waals surface area contributed by atoms with Gasteiger partial charge in [0.15, 0.2) is 5.16 Å². The summed E-state index contributed by atoms with van der Waals surface area (Å²) in [6.07, 6.45) is 4.61. The molecule has 1 aromatic rings. The van der Waals surface area contributed by atoms with Gasteiger partial charge in [0.05, 0.1) is 0 Å². The number of halogens is 1. The van der Waals surface area contributed by atoms with E-state index < -0.39 is 0 Å². The van der Waals surface area contributed by atoms with E-state index in [9.17, 15) is 9.50 Å². The number of aryl methyl sites for hydroxylation is 1. The Labute approximate surface area is 110 Å². The minimum atomic E-state index is -0.363. The van der Waals surface area contributed by atoms with E-state index in [1.807, 2.05) is 6.92 Å². The number of allylic oxidation sites excluding steroid dienone is 4. The number of hydrogen-bond donors (Lipinski definition) is 1. The lowest BCUT2D eigenvalue weighted by molar-refractivity contribution is 0.444. The third kappa shape index (κ3) is 4.33. The van der Waals surface area contributed by atoms with Crippen LogP contribution in [0.1, 0.15) is 12.6 Å². The van der Waals surface area contributed by atoms with E-state index >= 15 is 0 Å². The molecule has 0 unspecified atom stereocenters. The molecule has 1 N–H and O–H groups in total. The second-order valence-electron chi connectivity index (χ2n) is 3.52. The van der Waals surface area contributed by atoms with Gasteiger partial charge in [-0.15, -0.1) is 0 Å². The molecule has 1 rings (SSSR count). The van der Waals surface area contributed by atoms with Crippen LogP contribution in [0, 0.1) is 6.92 Å². The Bertz CT molecular complexity index is 478. The summed E-state index contributed by atoms with van der Waals surface area (Å²) in [5.41, 5.74) is 1.19. The fraction of sp³-hybridized carbons (Fsp3) is 0.231. The highest BCUT2D eigenvalue weighted by atomic mass is 32.2. The molecule has 18 heavy (non-hydrogen) atoms. The van der Waals surface area contributed by atoms with Crippen molar-refractivity contribution in [1.82, 2.24) is 9.97 Å². The van der Waals surface area contributed by atoms with Gasteiger partial charge in [0, 0.05) is 17.5 Å². The second kappa shape index (κ2) is 6.96. The van der Waals surface area contributed by atoms with E-state index in [1.165, 1.54) is 23.9 Å². The molecule has 1 aromatic heterocycles. The molecular formula is C13H15FN2OS. The van der Waals surface area contributed by atoms with Gasteiger partial charge in [0.1, 0.15) is 5.83 Å². The standard InChI is InChI=1S/C13H15FN2OS/c1-4-6-10(11(14)5-2)8-18-13-15-9(3)7-12(17)16-13/h4-7H,2,8H2,1,3H3,(H,15,16,17)/b6-4-,11-10-. The van der Waals surface area contributed by atoms with E-state index in [1.54, 1.807) is 19.1 Å². The quantitative estimate of drug-likeness (QED) is 0.503. The van der Waals surface area contributed by atoms with E-state index in [-0.39, 0.29) is 11.7 Å². The summed E-state index contributed by atoms with van der Waals surface area (Å²) in [5.74, 6) is -0.0614. The fourth-order valence-electron chi connectivity index (χ4n) is 1.26. The molecule has 0 spiro atoms. The number of rotatable bonds is 5. The van der Waals surface area contributed by atoms with Gasteiger partial charge in [-0.05, 0) is 25.5 Å². The lowest BCUT2D eigenvalue weighted by Gasteiger charge is -2.04. The van der Waals surface area contributed by atoms with Crippen LogP contribution in [-0.4, -0.2) is 20.8 Å². The van der Waals surface area contributed by atoms with Crippen LogP contribution in [0.15, 0.2) is 47.4 Å². The summed E-state index contributed by atoms with van der Waals surface area (Å²) in [4.78, 5) is 8.01. The molecule has 0 aliphatic heterocycles. The lowest BCUT2D eigenvalue weighted by Crippen LogP contribution is -1.93. The van der Waals surface area contributed by atoms with Crippen LogP contribution >= 0.6 is 11.8 Å². The molecule has 0 aliphatic rings. The van der Waals surface area contributed by atoms with Gasteiger partial charge in [0.2, 0.25) is 5.88 Å². The van der Waals surface area contributed by atoms with Gasteiger partial charge in [-0.25, -0.2) is 9.37 Å². The number of aromatic hydroxyl groups is 1. The average Bonchev–Trinajstić information content (AvgIpc) is 2.32. The van der Waals surface area contributed by atoms with Crippen LogP contribution in [-0.2, 0) is 0 Å². The van der Waals surface area contributed by atoms with E-state index in [0.29, 0.717) is 22.2 Å². The minimum Gasteiger partial charge on any atom is -0.493 e. The van der Waals surface area contributed by atoms with Crippen molar-refractivity contribution in [2.24, 2.45) is 0 Å². The molecule has 0 saturated carbocycles. The molecule has 0 fully saturated rings. The second-order valence-corrected chi connectivity index (χ2v) is 4.46. The largest absolute Gasteiger partial charge is 0.493 e. The van der Waals surface area contributed by atoms with Crippen molar-refractivity contribution in [1.29, 1.82) is 0 Å². The highest BCUT2D eigenvalue weighted by molar-refractivity contribution is 7.99. The average molecular weight is 266 g/mol. The van der Waals surface area contributed by atoms with Crippen molar-refractivity contribution in [3.05, 3.63) is 48.0 Å². The van der Waals surface area contributed by atoms with Gasteiger partial charge in [0.25, 0.3) is 0 Å². The Kier molecular flexibility index (Phi) is 5.58. The molecule has 0 bridgehead atoms. The summed E-state index contributed by atoms with van der Waals surface area (Å²) in [7, 11) is 0. The van der Waals surface area contributed by atoms with Crippen LogP contribution in [0.3, 0.4) is 0 Å². The highest BCUT2D eigenvalue weighted by Crippen LogP contribution is 2.22. The molecule has 0 aromatic carbocycles. The number of hydrogen-bond acceptors (Lipinski definition) is 4. The highest BCUT2D eigenvalue weighted by Gasteiger charge is 2.05. The van der Waals surface area contributed by atoms with Crippen molar-refractivity contribution in [3.8, 4) is 5.88 Å². The van der Waals surface area contributed by atoms with E-state index in [4.69, 9.17) is 0 Å². The van der Waals surface area contributed by atoms with Crippen molar-refractivity contribution in [2.45, 2.75) is 19.0 Å². The van der Waals surface area contributed by atoms with E-state index in [0.717, 1.165) is 0 Å². The first kappa shape index (κ1) is 14.4. The molecule has 0 aliphatic carbocycles. The predicted molar refractivity (Wildman–Crippen MR) is 72.3 cm³/mol. The van der Waals surface area contributed by atoms with Crippen molar-refractivity contribution >= 4 is 11.8 Å². The third-order valence-electron chi connectivity index (χ3n) is 2.03. The maximum atomic E-state index is 13.5. The first-order chi connectivity index (χ1) is 8.56. The SMILES string of the molecule is C=C/C(F)=C(\C=C/C)CSc1nc(C)cc(O)n1. The summed E-state index contributed by atoms with van der Waals surface area (Å²) >= 11 is 1.26. The Hall–Kier alpha value is -1.62. The molecule has 0 saturated heterocycles. The van der Waals surface area contributed by atoms with Gasteiger partial charge in [-0.2, -0.15) is 4.98 Å². The zero-order valence-electron chi connectivity index (χ0n) is 10.4. The van der Waals surface area contributed by atoms with Crippen molar-refractivity contribution in [3.63, 3.8) is 0 Å². The molecular weight excluding hydrogens is 251 g/mol. The van der Waals surface area contributed by atoms with Crippen LogP contribution in [0.5, 0.6) is 5.88 Å². The van der Waals surface area contributed by atoms with Crippen molar-refractivity contribution in [2.75, 3.05) is 5.75 Å². The monoisotopic (exact) mass is 266 g/mol. The minimum absolute atomic E-state index is 0.0780. The molecule has 0 radical (unpaired) electrons. The fourth-order valence-corrected chi connectivity index (χ4v) is 2.15. The Morgan fingerprint density at radius 1 is 1.56 bits per heavy atom. The summed E-state index contributed by atoms with van der Waals surface area (Å²) in [6, 6.07) is 1.47. The summed E-state index contributed by atoms with van der Waals surface area (Å²) in [5, 5.41) is 9.76. The van der Waals surface area contributed by atoms with Gasteiger partial charge >= 0.3 is 0 Å². The normalized spacial score (nSPS) is 12.6. The molecule has 96 valence electrons. The number of thioether (sulfide) groups is 1. The molecule has 0 atom stereocenters. The molecule has 0 amide bonds. The predicted octanol–water partition coefficient (Wildman–Crippen LogP) is 3.57. The number of nitrogens with zero attached hydrogens (tertiary/aromatic N) is 2. The van der Waals surface area contributed by atoms with Gasteiger partial charge in [-0.1, -0.05) is 30.5 Å². The molecule has 1 heterocycles. The van der Waals surface area contributed by atoms with Crippen LogP contribution in [0.25, 0.3) is 0 Å². The van der Waals surface area contributed by atoms with Gasteiger partial charge in [-0.3, -0.25) is 0 Å². The smallest absolute Gasteiger partial charge is 0.215 e. The molecule has 5 heteroatoms.